The Hall–Kier alpha value is -3.67. The predicted octanol–water partition coefficient (Wildman–Crippen LogP) is 5.69. The number of nitrogens with zero attached hydrogens (tertiary/aromatic N) is 1. The van der Waals surface area contributed by atoms with Crippen molar-refractivity contribution in [3.05, 3.63) is 107 Å². The van der Waals surface area contributed by atoms with E-state index < -0.39 is 11.7 Å². The molecule has 1 aliphatic heterocycles. The van der Waals surface area contributed by atoms with E-state index in [-0.39, 0.29) is 17.8 Å². The highest BCUT2D eigenvalue weighted by Crippen LogP contribution is 2.38. The van der Waals surface area contributed by atoms with Gasteiger partial charge in [0.1, 0.15) is 11.4 Å². The van der Waals surface area contributed by atoms with Crippen molar-refractivity contribution in [1.82, 2.24) is 10.2 Å². The van der Waals surface area contributed by atoms with Crippen molar-refractivity contribution >= 4 is 12.0 Å². The Morgan fingerprint density at radius 3 is 2.39 bits per heavy atom. The fourth-order valence-electron chi connectivity index (χ4n) is 5.43. The van der Waals surface area contributed by atoms with E-state index >= 15 is 0 Å². The van der Waals surface area contributed by atoms with Crippen molar-refractivity contribution in [3.8, 4) is 0 Å². The molecule has 1 fully saturated rings. The van der Waals surface area contributed by atoms with Crippen LogP contribution in [-0.4, -0.2) is 30.0 Å². The first kappa shape index (κ1) is 24.0. The van der Waals surface area contributed by atoms with Gasteiger partial charge in [0.15, 0.2) is 0 Å². The number of hydrogen-bond donors (Lipinski definition) is 1. The quantitative estimate of drug-likeness (QED) is 0.487. The van der Waals surface area contributed by atoms with Crippen molar-refractivity contribution in [3.63, 3.8) is 0 Å². The lowest BCUT2D eigenvalue weighted by atomic mass is 9.84. The number of rotatable bonds is 6. The molecule has 3 aromatic carbocycles. The molecule has 5 nitrogen and oxygen atoms in total. The summed E-state index contributed by atoms with van der Waals surface area (Å²) in [6, 6.07) is 24.2. The van der Waals surface area contributed by atoms with E-state index in [2.05, 4.69) is 17.4 Å². The van der Waals surface area contributed by atoms with E-state index in [1.54, 1.807) is 12.1 Å². The van der Waals surface area contributed by atoms with Crippen LogP contribution in [0.5, 0.6) is 0 Å². The molecule has 0 spiro atoms. The summed E-state index contributed by atoms with van der Waals surface area (Å²) in [7, 11) is 0. The summed E-state index contributed by atoms with van der Waals surface area (Å²) in [5, 5.41) is 3.08. The summed E-state index contributed by atoms with van der Waals surface area (Å²) in [5.74, 6) is -0.215. The van der Waals surface area contributed by atoms with Crippen LogP contribution in [0.3, 0.4) is 0 Å². The number of carbonyl (C=O) groups is 2. The standard InChI is InChI=1S/C30H31FN2O3/c31-25-14-10-22(11-15-25)12-17-28(34)33-20-18-30(19-21-33,24-7-2-1-3-8-24)36-29(35)32-27-16-13-23-6-4-5-9-26(23)27/h1-11,14-15,27H,12-13,16-21H2,(H,32,35). The average molecular weight is 487 g/mol. The van der Waals surface area contributed by atoms with Gasteiger partial charge in [-0.25, -0.2) is 9.18 Å². The summed E-state index contributed by atoms with van der Waals surface area (Å²) in [5.41, 5.74) is 3.54. The number of ether oxygens (including phenoxy) is 1. The maximum Gasteiger partial charge on any atom is 0.408 e. The van der Waals surface area contributed by atoms with Crippen LogP contribution in [0.1, 0.15) is 54.0 Å². The number of hydrogen-bond acceptors (Lipinski definition) is 3. The summed E-state index contributed by atoms with van der Waals surface area (Å²) in [6.45, 7) is 1.02. The fraction of sp³-hybridized carbons (Fsp3) is 0.333. The zero-order valence-electron chi connectivity index (χ0n) is 20.3. The number of amides is 2. The van der Waals surface area contributed by atoms with E-state index in [0.29, 0.717) is 38.8 Å². The smallest absolute Gasteiger partial charge is 0.408 e. The van der Waals surface area contributed by atoms with Crippen LogP contribution in [0.15, 0.2) is 78.9 Å². The summed E-state index contributed by atoms with van der Waals surface area (Å²) >= 11 is 0. The molecule has 6 heteroatoms. The molecule has 1 heterocycles. The Labute approximate surface area is 211 Å². The third-order valence-corrected chi connectivity index (χ3v) is 7.48. The molecule has 0 radical (unpaired) electrons. The number of likely N-dealkylation sites (tertiary alicyclic amines) is 1. The van der Waals surface area contributed by atoms with E-state index in [1.165, 1.54) is 17.7 Å². The lowest BCUT2D eigenvalue weighted by molar-refractivity contribution is -0.135. The van der Waals surface area contributed by atoms with Gasteiger partial charge in [0.25, 0.3) is 0 Å². The van der Waals surface area contributed by atoms with Gasteiger partial charge < -0.3 is 15.0 Å². The van der Waals surface area contributed by atoms with Gasteiger partial charge in [0.05, 0.1) is 6.04 Å². The maximum absolute atomic E-state index is 13.1. The van der Waals surface area contributed by atoms with Crippen LogP contribution < -0.4 is 5.32 Å². The van der Waals surface area contributed by atoms with Gasteiger partial charge in [0.2, 0.25) is 5.91 Å². The predicted molar refractivity (Wildman–Crippen MR) is 136 cm³/mol. The molecule has 3 aromatic rings. The molecule has 2 amide bonds. The Bertz CT molecular complexity index is 1200. The van der Waals surface area contributed by atoms with Gasteiger partial charge in [-0.3, -0.25) is 4.79 Å². The van der Waals surface area contributed by atoms with Gasteiger partial charge in [-0.15, -0.1) is 0 Å². The first-order valence-electron chi connectivity index (χ1n) is 12.7. The molecule has 186 valence electrons. The van der Waals surface area contributed by atoms with Crippen molar-refractivity contribution in [2.24, 2.45) is 0 Å². The van der Waals surface area contributed by atoms with E-state index in [4.69, 9.17) is 4.74 Å². The molecule has 36 heavy (non-hydrogen) atoms. The van der Waals surface area contributed by atoms with Crippen LogP contribution >= 0.6 is 0 Å². The Balaban J connectivity index is 1.23. The number of benzene rings is 3. The van der Waals surface area contributed by atoms with Gasteiger partial charge in [0, 0.05) is 32.4 Å². The second-order valence-corrected chi connectivity index (χ2v) is 9.69. The molecule has 1 unspecified atom stereocenters. The Kier molecular flexibility index (Phi) is 7.03. The topological polar surface area (TPSA) is 58.6 Å². The normalized spacial score (nSPS) is 18.4. The molecule has 5 rings (SSSR count). The van der Waals surface area contributed by atoms with Gasteiger partial charge in [-0.2, -0.15) is 0 Å². The first-order valence-corrected chi connectivity index (χ1v) is 12.7. The van der Waals surface area contributed by atoms with E-state index in [9.17, 15) is 14.0 Å². The molecule has 1 N–H and O–H groups in total. The number of fused-ring (bicyclic) bond motifs is 1. The minimum atomic E-state index is -0.781. The van der Waals surface area contributed by atoms with Gasteiger partial charge >= 0.3 is 6.09 Å². The summed E-state index contributed by atoms with van der Waals surface area (Å²) < 4.78 is 19.3. The zero-order chi connectivity index (χ0) is 25.0. The van der Waals surface area contributed by atoms with Crippen molar-refractivity contribution in [2.75, 3.05) is 13.1 Å². The average Bonchev–Trinajstić information content (AvgIpc) is 3.31. The lowest BCUT2D eigenvalue weighted by Crippen LogP contribution is -2.48. The van der Waals surface area contributed by atoms with Crippen LogP contribution in [0.4, 0.5) is 9.18 Å². The molecule has 2 aliphatic rings. The largest absolute Gasteiger partial charge is 0.438 e. The van der Waals surface area contributed by atoms with Gasteiger partial charge in [-0.1, -0.05) is 66.7 Å². The minimum absolute atomic E-state index is 0.0466. The van der Waals surface area contributed by atoms with Crippen LogP contribution in [0.25, 0.3) is 0 Å². The molecule has 0 saturated carbocycles. The number of piperidine rings is 1. The highest BCUT2D eigenvalue weighted by molar-refractivity contribution is 5.76. The highest BCUT2D eigenvalue weighted by atomic mass is 19.1. The fourth-order valence-corrected chi connectivity index (χ4v) is 5.43. The highest BCUT2D eigenvalue weighted by Gasteiger charge is 2.41. The van der Waals surface area contributed by atoms with Crippen LogP contribution in [0.2, 0.25) is 0 Å². The number of alkyl carbamates (subject to hydrolysis) is 1. The molecule has 1 atom stereocenters. The maximum atomic E-state index is 13.1. The van der Waals surface area contributed by atoms with Crippen LogP contribution in [0, 0.1) is 5.82 Å². The minimum Gasteiger partial charge on any atom is -0.438 e. The second-order valence-electron chi connectivity index (χ2n) is 9.69. The number of halogens is 1. The number of aryl methyl sites for hydroxylation is 2. The monoisotopic (exact) mass is 486 g/mol. The van der Waals surface area contributed by atoms with E-state index in [1.807, 2.05) is 47.4 Å². The Morgan fingerprint density at radius 2 is 1.64 bits per heavy atom. The molecule has 0 aromatic heterocycles. The van der Waals surface area contributed by atoms with E-state index in [0.717, 1.165) is 29.5 Å². The molecular formula is C30H31FN2O3. The second kappa shape index (κ2) is 10.5. The lowest BCUT2D eigenvalue weighted by Gasteiger charge is -2.41. The Morgan fingerprint density at radius 1 is 0.944 bits per heavy atom. The molecule has 1 saturated heterocycles. The third kappa shape index (κ3) is 5.27. The number of carbonyl (C=O) groups excluding carboxylic acids is 2. The van der Waals surface area contributed by atoms with Crippen molar-refractivity contribution < 1.29 is 18.7 Å². The molecular weight excluding hydrogens is 455 g/mol. The first-order chi connectivity index (χ1) is 17.5. The summed E-state index contributed by atoms with van der Waals surface area (Å²) in [6.07, 6.45) is 3.40. The number of nitrogens with one attached hydrogen (secondary N) is 1. The van der Waals surface area contributed by atoms with Crippen molar-refractivity contribution in [1.29, 1.82) is 0 Å². The zero-order valence-corrected chi connectivity index (χ0v) is 20.3. The molecule has 0 bridgehead atoms. The van der Waals surface area contributed by atoms with Crippen LogP contribution in [-0.2, 0) is 28.0 Å². The van der Waals surface area contributed by atoms with Gasteiger partial charge in [-0.05, 0) is 53.6 Å². The molecule has 1 aliphatic carbocycles. The van der Waals surface area contributed by atoms with Crippen molar-refractivity contribution in [2.45, 2.75) is 50.2 Å². The third-order valence-electron chi connectivity index (χ3n) is 7.48. The SMILES string of the molecule is O=C(NC1CCc2ccccc21)OC1(c2ccccc2)CCN(C(=O)CCc2ccc(F)cc2)CC1. The summed E-state index contributed by atoms with van der Waals surface area (Å²) in [4.78, 5) is 27.8.